The summed E-state index contributed by atoms with van der Waals surface area (Å²) in [5.41, 5.74) is 20.1. The highest BCUT2D eigenvalue weighted by molar-refractivity contribution is 6.06. The zero-order valence-corrected chi connectivity index (χ0v) is 24.5. The molecule has 9 rings (SSSR count). The van der Waals surface area contributed by atoms with Crippen LogP contribution in [0.2, 0.25) is 0 Å². The first-order valence-electron chi connectivity index (χ1n) is 15.2. The Hall–Kier alpha value is -6.07. The third kappa shape index (κ3) is 3.91. The number of aromatic nitrogens is 3. The number of nitrogen functional groups attached to an aromatic ring is 1. The van der Waals surface area contributed by atoms with Crippen molar-refractivity contribution in [2.24, 2.45) is 0 Å². The molecule has 212 valence electrons. The summed E-state index contributed by atoms with van der Waals surface area (Å²) in [7, 11) is 0. The highest BCUT2D eigenvalue weighted by Gasteiger charge is 2.26. The fourth-order valence-electron chi connectivity index (χ4n) is 6.96. The van der Waals surface area contributed by atoms with Crippen molar-refractivity contribution in [3.05, 3.63) is 151 Å². The topological polar surface area (TPSA) is 58.7 Å². The SMILES string of the molecule is Nc1c2ccccc2[n+](Nc2c3ccccc3[n+](Cc3c4ccccc4nc4ccccc34)c3ccccc23)c2ccccc12. The van der Waals surface area contributed by atoms with Gasteiger partial charge in [0.05, 0.1) is 38.3 Å². The first kappa shape index (κ1) is 25.4. The summed E-state index contributed by atoms with van der Waals surface area (Å²) in [5, 5.41) is 6.65. The zero-order valence-electron chi connectivity index (χ0n) is 24.5. The molecule has 0 unspecified atom stereocenters. The van der Waals surface area contributed by atoms with Crippen LogP contribution in [0.1, 0.15) is 5.56 Å². The lowest BCUT2D eigenvalue weighted by atomic mass is 10.0. The van der Waals surface area contributed by atoms with Gasteiger partial charge in [-0.05, 0) is 36.4 Å². The molecule has 45 heavy (non-hydrogen) atoms. The van der Waals surface area contributed by atoms with Gasteiger partial charge in [-0.3, -0.25) is 0 Å². The molecule has 0 aliphatic rings. The third-order valence-corrected chi connectivity index (χ3v) is 9.04. The van der Waals surface area contributed by atoms with E-state index in [0.29, 0.717) is 6.54 Å². The number of fused-ring (bicyclic) bond motifs is 6. The molecule has 0 aliphatic carbocycles. The molecule has 0 saturated heterocycles. The van der Waals surface area contributed by atoms with Gasteiger partial charge in [0.2, 0.25) is 22.1 Å². The van der Waals surface area contributed by atoms with Gasteiger partial charge in [-0.1, -0.05) is 89.6 Å². The fraction of sp³-hybridized carbons (Fsp3) is 0.0250. The monoisotopic (exact) mass is 579 g/mol. The average Bonchev–Trinajstić information content (AvgIpc) is 3.10. The van der Waals surface area contributed by atoms with Crippen LogP contribution in [0.25, 0.3) is 65.4 Å². The Bertz CT molecular complexity index is 2460. The molecule has 3 aromatic heterocycles. The number of hydrogen-bond donors (Lipinski definition) is 2. The van der Waals surface area contributed by atoms with Crippen molar-refractivity contribution >= 4 is 76.8 Å². The number of nitrogens with zero attached hydrogens (tertiary/aromatic N) is 3. The minimum atomic E-state index is 0.700. The molecular formula is C40H29N5+2. The van der Waals surface area contributed by atoms with E-state index in [1.54, 1.807) is 0 Å². The fourth-order valence-corrected chi connectivity index (χ4v) is 6.96. The number of pyridine rings is 3. The lowest BCUT2D eigenvalue weighted by molar-refractivity contribution is -0.635. The van der Waals surface area contributed by atoms with Gasteiger partial charge in [0.1, 0.15) is 5.69 Å². The number of anilines is 2. The molecule has 5 heteroatoms. The van der Waals surface area contributed by atoms with Crippen molar-refractivity contribution in [3.63, 3.8) is 0 Å². The van der Waals surface area contributed by atoms with Gasteiger partial charge in [-0.15, -0.1) is 0 Å². The van der Waals surface area contributed by atoms with E-state index in [-0.39, 0.29) is 0 Å². The minimum Gasteiger partial charge on any atom is -0.397 e. The molecule has 0 atom stereocenters. The van der Waals surface area contributed by atoms with E-state index in [4.69, 9.17) is 10.7 Å². The predicted molar refractivity (Wildman–Crippen MR) is 185 cm³/mol. The summed E-state index contributed by atoms with van der Waals surface area (Å²) in [6, 6.07) is 50.9. The third-order valence-electron chi connectivity index (χ3n) is 9.04. The number of nitrogens with two attached hydrogens (primary N) is 1. The lowest BCUT2D eigenvalue weighted by Crippen LogP contribution is -2.45. The maximum absolute atomic E-state index is 6.72. The van der Waals surface area contributed by atoms with Crippen LogP contribution in [0.5, 0.6) is 0 Å². The van der Waals surface area contributed by atoms with E-state index in [2.05, 4.69) is 148 Å². The van der Waals surface area contributed by atoms with Crippen LogP contribution in [-0.4, -0.2) is 4.98 Å². The van der Waals surface area contributed by atoms with Crippen molar-refractivity contribution in [3.8, 4) is 0 Å². The van der Waals surface area contributed by atoms with E-state index in [1.807, 2.05) is 12.1 Å². The predicted octanol–water partition coefficient (Wildman–Crippen LogP) is 8.08. The Morgan fingerprint density at radius 2 is 0.867 bits per heavy atom. The first-order chi connectivity index (χ1) is 22.3. The van der Waals surface area contributed by atoms with Crippen LogP contribution in [0.15, 0.2) is 146 Å². The lowest BCUT2D eigenvalue weighted by Gasteiger charge is -2.15. The smallest absolute Gasteiger partial charge is 0.245 e. The van der Waals surface area contributed by atoms with Crippen LogP contribution < -0.4 is 20.4 Å². The van der Waals surface area contributed by atoms with Gasteiger partial charge in [-0.2, -0.15) is 9.99 Å². The number of rotatable bonds is 4. The van der Waals surface area contributed by atoms with Gasteiger partial charge < -0.3 is 5.73 Å². The standard InChI is InChI=1S/C40H27N5/c41-39-28-15-3-11-23-37(28)45(38-24-12-4-16-29(38)39)43-40-30-17-5-9-21-35(30)44(36-22-10-6-18-31(36)40)25-32-26-13-1-7-19-33(26)42-34-20-8-2-14-27(32)34/h1-24,41H,25H2/p+2. The quantitative estimate of drug-likeness (QED) is 0.164. The summed E-state index contributed by atoms with van der Waals surface area (Å²) >= 11 is 0. The van der Waals surface area contributed by atoms with E-state index in [9.17, 15) is 0 Å². The number of nitrogens with one attached hydrogen (secondary N) is 1. The molecule has 9 aromatic rings. The maximum atomic E-state index is 6.72. The van der Waals surface area contributed by atoms with Crippen molar-refractivity contribution in [2.75, 3.05) is 11.2 Å². The van der Waals surface area contributed by atoms with Crippen molar-refractivity contribution in [2.45, 2.75) is 6.54 Å². The van der Waals surface area contributed by atoms with E-state index < -0.39 is 0 Å². The molecule has 0 radical (unpaired) electrons. The molecule has 3 heterocycles. The largest absolute Gasteiger partial charge is 0.397 e. The number of para-hydroxylation sites is 6. The molecule has 0 saturated carbocycles. The van der Waals surface area contributed by atoms with Crippen LogP contribution >= 0.6 is 0 Å². The average molecular weight is 580 g/mol. The second kappa shape index (κ2) is 10.00. The highest BCUT2D eigenvalue weighted by atomic mass is 15.4. The maximum Gasteiger partial charge on any atom is 0.245 e. The van der Waals surface area contributed by atoms with Crippen LogP contribution in [0, 0.1) is 0 Å². The molecule has 6 aromatic carbocycles. The second-order valence-electron chi connectivity index (χ2n) is 11.5. The van der Waals surface area contributed by atoms with Crippen LogP contribution in [-0.2, 0) is 6.54 Å². The van der Waals surface area contributed by atoms with Crippen molar-refractivity contribution < 1.29 is 9.24 Å². The van der Waals surface area contributed by atoms with E-state index >= 15 is 0 Å². The zero-order chi connectivity index (χ0) is 29.9. The van der Waals surface area contributed by atoms with E-state index in [1.165, 1.54) is 16.3 Å². The second-order valence-corrected chi connectivity index (χ2v) is 11.5. The summed E-state index contributed by atoms with van der Waals surface area (Å²) in [5.74, 6) is 0. The van der Waals surface area contributed by atoms with Gasteiger partial charge in [0.15, 0.2) is 6.54 Å². The molecule has 0 fully saturated rings. The summed E-state index contributed by atoms with van der Waals surface area (Å²) in [6.07, 6.45) is 0. The summed E-state index contributed by atoms with van der Waals surface area (Å²) < 4.78 is 4.64. The molecule has 0 spiro atoms. The molecule has 5 nitrogen and oxygen atoms in total. The van der Waals surface area contributed by atoms with Crippen molar-refractivity contribution in [1.29, 1.82) is 0 Å². The first-order valence-corrected chi connectivity index (χ1v) is 15.2. The Morgan fingerprint density at radius 3 is 1.38 bits per heavy atom. The summed E-state index contributed by atoms with van der Waals surface area (Å²) in [4.78, 5) is 4.99. The normalized spacial score (nSPS) is 11.7. The molecule has 3 N–H and O–H groups in total. The summed E-state index contributed by atoms with van der Waals surface area (Å²) in [6.45, 7) is 0.700. The molecule has 0 bridgehead atoms. The molecule has 0 amide bonds. The minimum absolute atomic E-state index is 0.700. The van der Waals surface area contributed by atoms with Gasteiger partial charge in [0, 0.05) is 40.6 Å². The van der Waals surface area contributed by atoms with E-state index in [0.717, 1.165) is 66.0 Å². The van der Waals surface area contributed by atoms with Gasteiger partial charge in [0.25, 0.3) is 0 Å². The number of hydrogen-bond acceptors (Lipinski definition) is 3. The molecular weight excluding hydrogens is 550 g/mol. The van der Waals surface area contributed by atoms with Crippen LogP contribution in [0.3, 0.4) is 0 Å². The number of benzene rings is 6. The van der Waals surface area contributed by atoms with Crippen LogP contribution in [0.4, 0.5) is 11.4 Å². The Balaban J connectivity index is 1.34. The Labute approximate surface area is 259 Å². The van der Waals surface area contributed by atoms with Crippen molar-refractivity contribution in [1.82, 2.24) is 4.98 Å². The molecule has 0 aliphatic heterocycles. The highest BCUT2D eigenvalue weighted by Crippen LogP contribution is 2.33. The van der Waals surface area contributed by atoms with Gasteiger partial charge >= 0.3 is 0 Å². The Kier molecular flexibility index (Phi) is 5.65. The van der Waals surface area contributed by atoms with Gasteiger partial charge in [-0.25, -0.2) is 4.98 Å². The Morgan fingerprint density at radius 1 is 0.467 bits per heavy atom.